The third-order valence-electron chi connectivity index (χ3n) is 5.09. The highest BCUT2D eigenvalue weighted by Gasteiger charge is 2.33. The second-order valence-electron chi connectivity index (χ2n) is 9.30. The van der Waals surface area contributed by atoms with E-state index in [9.17, 15) is 18.0 Å². The fraction of sp³-hybridized carbons (Fsp3) is 0.417. The molecule has 2 rings (SSSR count). The third kappa shape index (κ3) is 8.42. The number of sulfonamides is 1. The van der Waals surface area contributed by atoms with Crippen LogP contribution >= 0.6 is 46.4 Å². The Morgan fingerprint density at radius 1 is 0.944 bits per heavy atom. The van der Waals surface area contributed by atoms with E-state index in [1.807, 2.05) is 20.8 Å². The van der Waals surface area contributed by atoms with Gasteiger partial charge in [-0.15, -0.1) is 0 Å². The molecule has 1 N–H and O–H groups in total. The van der Waals surface area contributed by atoms with E-state index in [1.54, 1.807) is 25.1 Å². The summed E-state index contributed by atoms with van der Waals surface area (Å²) in [7, 11) is -3.90. The standard InChI is InChI=1S/C24H29Cl4N3O4S/c1-6-21(23(33)29-24(2,3)4)30(13-15-7-9-17(25)19(27)11-15)22(32)14-31(36(5,34)35)16-8-10-18(26)20(28)12-16/h7-12,21H,6,13-14H2,1-5H3,(H,29,33)/t21-/m1/s1. The van der Waals surface area contributed by atoms with Crippen LogP contribution < -0.4 is 9.62 Å². The highest BCUT2D eigenvalue weighted by Crippen LogP contribution is 2.29. The largest absolute Gasteiger partial charge is 0.350 e. The lowest BCUT2D eigenvalue weighted by Crippen LogP contribution is -2.55. The number of halogens is 4. The molecule has 0 bridgehead atoms. The van der Waals surface area contributed by atoms with Crippen molar-refractivity contribution in [2.24, 2.45) is 0 Å². The van der Waals surface area contributed by atoms with Gasteiger partial charge in [0.1, 0.15) is 12.6 Å². The number of nitrogens with zero attached hydrogens (tertiary/aromatic N) is 2. The van der Waals surface area contributed by atoms with Crippen LogP contribution in [-0.2, 0) is 26.2 Å². The minimum absolute atomic E-state index is 0.00473. The van der Waals surface area contributed by atoms with Crippen LogP contribution in [0.25, 0.3) is 0 Å². The number of anilines is 1. The highest BCUT2D eigenvalue weighted by molar-refractivity contribution is 7.92. The van der Waals surface area contributed by atoms with Crippen LogP contribution in [0.3, 0.4) is 0 Å². The summed E-state index contributed by atoms with van der Waals surface area (Å²) in [6.45, 7) is 6.72. The summed E-state index contributed by atoms with van der Waals surface area (Å²) in [5, 5.41) is 3.92. The average molecular weight is 597 g/mol. The minimum Gasteiger partial charge on any atom is -0.350 e. The normalized spacial score (nSPS) is 12.7. The van der Waals surface area contributed by atoms with E-state index in [0.717, 1.165) is 10.6 Å². The first-order valence-corrected chi connectivity index (χ1v) is 14.4. The van der Waals surface area contributed by atoms with Gasteiger partial charge in [-0.05, 0) is 63.1 Å². The van der Waals surface area contributed by atoms with E-state index in [4.69, 9.17) is 46.4 Å². The lowest BCUT2D eigenvalue weighted by Gasteiger charge is -2.34. The van der Waals surface area contributed by atoms with Gasteiger partial charge in [-0.2, -0.15) is 0 Å². The number of carbonyl (C=O) groups excluding carboxylic acids is 2. The SMILES string of the molecule is CC[C@H](C(=O)NC(C)(C)C)N(Cc1ccc(Cl)c(Cl)c1)C(=O)CN(c1ccc(Cl)c(Cl)c1)S(C)(=O)=O. The van der Waals surface area contributed by atoms with Crippen molar-refractivity contribution in [2.75, 3.05) is 17.1 Å². The number of hydrogen-bond donors (Lipinski definition) is 1. The van der Waals surface area contributed by atoms with Gasteiger partial charge >= 0.3 is 0 Å². The summed E-state index contributed by atoms with van der Waals surface area (Å²) in [6.07, 6.45) is 1.27. The number of benzene rings is 2. The van der Waals surface area contributed by atoms with Gasteiger partial charge in [-0.1, -0.05) is 59.4 Å². The van der Waals surface area contributed by atoms with Crippen molar-refractivity contribution in [3.8, 4) is 0 Å². The van der Waals surface area contributed by atoms with Crippen LogP contribution in [0.2, 0.25) is 20.1 Å². The van der Waals surface area contributed by atoms with Crippen LogP contribution in [-0.4, -0.2) is 49.5 Å². The van der Waals surface area contributed by atoms with Gasteiger partial charge in [-0.25, -0.2) is 8.42 Å². The Morgan fingerprint density at radius 3 is 1.97 bits per heavy atom. The molecule has 12 heteroatoms. The fourth-order valence-corrected chi connectivity index (χ4v) is 4.92. The molecule has 0 unspecified atom stereocenters. The molecule has 198 valence electrons. The van der Waals surface area contributed by atoms with Gasteiger partial charge in [0.15, 0.2) is 0 Å². The van der Waals surface area contributed by atoms with E-state index < -0.39 is 34.1 Å². The maximum Gasteiger partial charge on any atom is 0.244 e. The van der Waals surface area contributed by atoms with Crippen molar-refractivity contribution in [2.45, 2.75) is 52.2 Å². The molecule has 2 aromatic rings. The predicted molar refractivity (Wildman–Crippen MR) is 148 cm³/mol. The molecule has 2 aromatic carbocycles. The zero-order valence-electron chi connectivity index (χ0n) is 20.6. The molecule has 2 amide bonds. The van der Waals surface area contributed by atoms with Crippen molar-refractivity contribution in [1.29, 1.82) is 0 Å². The van der Waals surface area contributed by atoms with Crippen molar-refractivity contribution >= 4 is 73.9 Å². The van der Waals surface area contributed by atoms with Crippen molar-refractivity contribution in [3.63, 3.8) is 0 Å². The van der Waals surface area contributed by atoms with Crippen LogP contribution in [0.4, 0.5) is 5.69 Å². The monoisotopic (exact) mass is 595 g/mol. The molecule has 0 aliphatic heterocycles. The minimum atomic E-state index is -3.90. The zero-order valence-corrected chi connectivity index (χ0v) is 24.5. The molecule has 0 saturated carbocycles. The number of amides is 2. The second-order valence-corrected chi connectivity index (χ2v) is 12.8. The maximum atomic E-state index is 13.7. The topological polar surface area (TPSA) is 86.8 Å². The van der Waals surface area contributed by atoms with E-state index in [2.05, 4.69) is 5.32 Å². The molecule has 0 radical (unpaired) electrons. The van der Waals surface area contributed by atoms with Crippen LogP contribution in [0.5, 0.6) is 0 Å². The Balaban J connectivity index is 2.50. The number of carbonyl (C=O) groups is 2. The predicted octanol–water partition coefficient (Wildman–Crippen LogP) is 5.79. The molecule has 7 nitrogen and oxygen atoms in total. The fourth-order valence-electron chi connectivity index (χ4n) is 3.46. The first-order valence-electron chi connectivity index (χ1n) is 11.0. The summed E-state index contributed by atoms with van der Waals surface area (Å²) >= 11 is 24.3. The number of nitrogens with one attached hydrogen (secondary N) is 1. The molecule has 0 aliphatic rings. The van der Waals surface area contributed by atoms with Gasteiger partial charge in [0, 0.05) is 12.1 Å². The second kappa shape index (κ2) is 12.2. The Labute approximate surface area is 232 Å². The quantitative estimate of drug-likeness (QED) is 0.397. The molecule has 36 heavy (non-hydrogen) atoms. The van der Waals surface area contributed by atoms with E-state index in [-0.39, 0.29) is 28.2 Å². The Hall–Kier alpha value is -1.71. The lowest BCUT2D eigenvalue weighted by molar-refractivity contribution is -0.141. The first kappa shape index (κ1) is 30.5. The third-order valence-corrected chi connectivity index (χ3v) is 7.71. The zero-order chi connectivity index (χ0) is 27.4. The summed E-state index contributed by atoms with van der Waals surface area (Å²) in [4.78, 5) is 28.2. The molecular weight excluding hydrogens is 568 g/mol. The summed E-state index contributed by atoms with van der Waals surface area (Å²) < 4.78 is 26.2. The molecule has 0 aliphatic carbocycles. The molecule has 0 saturated heterocycles. The Morgan fingerprint density at radius 2 is 1.50 bits per heavy atom. The maximum absolute atomic E-state index is 13.7. The lowest BCUT2D eigenvalue weighted by atomic mass is 10.1. The first-order chi connectivity index (χ1) is 16.5. The Kier molecular flexibility index (Phi) is 10.4. The van der Waals surface area contributed by atoms with Crippen LogP contribution in [0, 0.1) is 0 Å². The van der Waals surface area contributed by atoms with Gasteiger partial charge in [0.2, 0.25) is 21.8 Å². The molecular formula is C24H29Cl4N3O4S. The summed E-state index contributed by atoms with van der Waals surface area (Å²) in [5.74, 6) is -0.952. The van der Waals surface area contributed by atoms with Crippen LogP contribution in [0.1, 0.15) is 39.7 Å². The molecule has 0 fully saturated rings. The van der Waals surface area contributed by atoms with Crippen molar-refractivity contribution in [3.05, 3.63) is 62.1 Å². The molecule has 1 atom stereocenters. The highest BCUT2D eigenvalue weighted by atomic mass is 35.5. The number of hydrogen-bond acceptors (Lipinski definition) is 4. The van der Waals surface area contributed by atoms with Crippen molar-refractivity contribution in [1.82, 2.24) is 10.2 Å². The summed E-state index contributed by atoms with van der Waals surface area (Å²) in [6, 6.07) is 8.28. The van der Waals surface area contributed by atoms with Crippen molar-refractivity contribution < 1.29 is 18.0 Å². The van der Waals surface area contributed by atoms with Crippen LogP contribution in [0.15, 0.2) is 36.4 Å². The molecule has 0 spiro atoms. The van der Waals surface area contributed by atoms with E-state index in [0.29, 0.717) is 22.0 Å². The molecule has 0 heterocycles. The van der Waals surface area contributed by atoms with E-state index in [1.165, 1.54) is 23.1 Å². The number of rotatable bonds is 9. The van der Waals surface area contributed by atoms with Gasteiger partial charge in [-0.3, -0.25) is 13.9 Å². The van der Waals surface area contributed by atoms with Gasteiger partial charge in [0.05, 0.1) is 32.0 Å². The van der Waals surface area contributed by atoms with Gasteiger partial charge < -0.3 is 10.2 Å². The van der Waals surface area contributed by atoms with E-state index >= 15 is 0 Å². The average Bonchev–Trinajstić information content (AvgIpc) is 2.74. The summed E-state index contributed by atoms with van der Waals surface area (Å²) in [5.41, 5.74) is 0.254. The van der Waals surface area contributed by atoms with Gasteiger partial charge in [0.25, 0.3) is 0 Å². The Bertz CT molecular complexity index is 1230. The smallest absolute Gasteiger partial charge is 0.244 e. The molecule has 0 aromatic heterocycles.